The first kappa shape index (κ1) is 18.3. The Balaban J connectivity index is 1.47. The van der Waals surface area contributed by atoms with E-state index < -0.39 is 0 Å². The van der Waals surface area contributed by atoms with Crippen LogP contribution in [0.3, 0.4) is 0 Å². The molecule has 1 aromatic heterocycles. The molecule has 1 unspecified atom stereocenters. The van der Waals surface area contributed by atoms with E-state index in [1.165, 1.54) is 22.9 Å². The van der Waals surface area contributed by atoms with Crippen LogP contribution in [0.4, 0.5) is 0 Å². The van der Waals surface area contributed by atoms with Crippen molar-refractivity contribution in [2.75, 3.05) is 6.54 Å². The summed E-state index contributed by atoms with van der Waals surface area (Å²) >= 11 is 0. The van der Waals surface area contributed by atoms with Crippen LogP contribution in [-0.4, -0.2) is 27.1 Å². The summed E-state index contributed by atoms with van der Waals surface area (Å²) in [7, 11) is 0. The standard InChI is InChI=1S/C25H21N3O2/c29-24-14-26-28(23-13-7-6-12-21(23)24)17-25(30)27-15-19-10-4-5-11-20(19)22(16-27)18-8-2-1-3-9-18/h1-14,22H,15-17H2. The lowest BCUT2D eigenvalue weighted by Crippen LogP contribution is -2.40. The van der Waals surface area contributed by atoms with E-state index in [0.29, 0.717) is 24.0 Å². The molecule has 0 fully saturated rings. The number of fused-ring (bicyclic) bond motifs is 2. The van der Waals surface area contributed by atoms with Crippen LogP contribution in [-0.2, 0) is 17.9 Å². The molecule has 1 aliphatic rings. The fraction of sp³-hybridized carbons (Fsp3) is 0.160. The van der Waals surface area contributed by atoms with Crippen LogP contribution in [0.25, 0.3) is 10.9 Å². The molecule has 148 valence electrons. The van der Waals surface area contributed by atoms with Gasteiger partial charge in [0.05, 0.1) is 11.7 Å². The Morgan fingerprint density at radius 1 is 0.933 bits per heavy atom. The number of benzene rings is 3. The third-order valence-electron chi connectivity index (χ3n) is 5.80. The Morgan fingerprint density at radius 3 is 2.53 bits per heavy atom. The molecule has 1 atom stereocenters. The third kappa shape index (κ3) is 3.28. The lowest BCUT2D eigenvalue weighted by atomic mass is 9.84. The van der Waals surface area contributed by atoms with Gasteiger partial charge in [-0.1, -0.05) is 66.7 Å². The molecule has 0 bridgehead atoms. The summed E-state index contributed by atoms with van der Waals surface area (Å²) in [6.45, 7) is 1.30. The fourth-order valence-corrected chi connectivity index (χ4v) is 4.28. The van der Waals surface area contributed by atoms with Crippen molar-refractivity contribution >= 4 is 16.8 Å². The Bertz CT molecular complexity index is 1280. The van der Waals surface area contributed by atoms with E-state index in [0.717, 1.165) is 0 Å². The molecule has 0 aliphatic carbocycles. The molecule has 0 radical (unpaired) electrons. The minimum Gasteiger partial charge on any atom is -0.336 e. The maximum absolute atomic E-state index is 13.3. The van der Waals surface area contributed by atoms with E-state index in [1.54, 1.807) is 10.7 Å². The van der Waals surface area contributed by atoms with Gasteiger partial charge >= 0.3 is 0 Å². The number of rotatable bonds is 3. The Hall–Kier alpha value is -3.73. The van der Waals surface area contributed by atoms with Gasteiger partial charge in [-0.05, 0) is 28.8 Å². The summed E-state index contributed by atoms with van der Waals surface area (Å²) in [5, 5.41) is 4.79. The van der Waals surface area contributed by atoms with E-state index in [-0.39, 0.29) is 23.8 Å². The summed E-state index contributed by atoms with van der Waals surface area (Å²) in [5.74, 6) is 0.130. The van der Waals surface area contributed by atoms with Crippen molar-refractivity contribution < 1.29 is 4.79 Å². The molecule has 30 heavy (non-hydrogen) atoms. The largest absolute Gasteiger partial charge is 0.336 e. The summed E-state index contributed by atoms with van der Waals surface area (Å²) in [6, 6.07) is 25.9. The fourth-order valence-electron chi connectivity index (χ4n) is 4.28. The van der Waals surface area contributed by atoms with Crippen LogP contribution < -0.4 is 5.43 Å². The van der Waals surface area contributed by atoms with E-state index in [4.69, 9.17) is 0 Å². The molecule has 0 N–H and O–H groups in total. The molecule has 4 aromatic rings. The first-order valence-corrected chi connectivity index (χ1v) is 10.1. The second-order valence-electron chi connectivity index (χ2n) is 7.62. The highest BCUT2D eigenvalue weighted by atomic mass is 16.2. The smallest absolute Gasteiger partial charge is 0.244 e. The molecule has 0 spiro atoms. The second-order valence-corrected chi connectivity index (χ2v) is 7.62. The van der Waals surface area contributed by atoms with Crippen molar-refractivity contribution in [2.45, 2.75) is 19.0 Å². The zero-order chi connectivity index (χ0) is 20.5. The van der Waals surface area contributed by atoms with Crippen molar-refractivity contribution in [3.63, 3.8) is 0 Å². The monoisotopic (exact) mass is 395 g/mol. The zero-order valence-corrected chi connectivity index (χ0v) is 16.4. The van der Waals surface area contributed by atoms with Gasteiger partial charge in [-0.15, -0.1) is 0 Å². The van der Waals surface area contributed by atoms with Crippen LogP contribution in [0.2, 0.25) is 0 Å². The summed E-state index contributed by atoms with van der Waals surface area (Å²) in [6.07, 6.45) is 1.29. The molecule has 5 nitrogen and oxygen atoms in total. The number of aromatic nitrogens is 2. The Morgan fingerprint density at radius 2 is 1.67 bits per heavy atom. The van der Waals surface area contributed by atoms with Crippen molar-refractivity contribution in [1.82, 2.24) is 14.7 Å². The average molecular weight is 395 g/mol. The predicted octanol–water partition coefficient (Wildman–Crippen LogP) is 3.57. The molecular formula is C25H21N3O2. The van der Waals surface area contributed by atoms with Gasteiger partial charge in [0.25, 0.3) is 0 Å². The molecule has 3 aromatic carbocycles. The SMILES string of the molecule is O=C(Cn1ncc(=O)c2ccccc21)N1Cc2ccccc2C(c2ccccc2)C1. The van der Waals surface area contributed by atoms with Gasteiger partial charge in [0, 0.05) is 24.4 Å². The van der Waals surface area contributed by atoms with Gasteiger partial charge in [0.15, 0.2) is 0 Å². The molecule has 2 heterocycles. The zero-order valence-electron chi connectivity index (χ0n) is 16.4. The van der Waals surface area contributed by atoms with Crippen molar-refractivity contribution in [1.29, 1.82) is 0 Å². The molecular weight excluding hydrogens is 374 g/mol. The van der Waals surface area contributed by atoms with Crippen LogP contribution in [0.15, 0.2) is 89.9 Å². The van der Waals surface area contributed by atoms with Gasteiger partial charge < -0.3 is 4.90 Å². The van der Waals surface area contributed by atoms with Crippen molar-refractivity contribution in [3.05, 3.63) is 112 Å². The first-order valence-electron chi connectivity index (χ1n) is 10.1. The number of amides is 1. The van der Waals surface area contributed by atoms with Gasteiger partial charge in [-0.2, -0.15) is 5.10 Å². The highest BCUT2D eigenvalue weighted by Gasteiger charge is 2.29. The summed E-state index contributed by atoms with van der Waals surface area (Å²) < 4.78 is 1.62. The number of para-hydroxylation sites is 1. The maximum atomic E-state index is 13.3. The number of nitrogens with zero attached hydrogens (tertiary/aromatic N) is 3. The first-order chi connectivity index (χ1) is 14.7. The van der Waals surface area contributed by atoms with E-state index in [1.807, 2.05) is 47.4 Å². The molecule has 5 heteroatoms. The van der Waals surface area contributed by atoms with Crippen molar-refractivity contribution in [3.8, 4) is 0 Å². The van der Waals surface area contributed by atoms with Gasteiger partial charge in [0.2, 0.25) is 11.3 Å². The minimum atomic E-state index is -0.134. The average Bonchev–Trinajstić information content (AvgIpc) is 2.81. The van der Waals surface area contributed by atoms with Gasteiger partial charge in [-0.3, -0.25) is 14.3 Å². The summed E-state index contributed by atoms with van der Waals surface area (Å²) in [5.41, 5.74) is 4.19. The lowest BCUT2D eigenvalue weighted by molar-refractivity contribution is -0.133. The maximum Gasteiger partial charge on any atom is 0.244 e. The predicted molar refractivity (Wildman–Crippen MR) is 116 cm³/mol. The second kappa shape index (κ2) is 7.59. The lowest BCUT2D eigenvalue weighted by Gasteiger charge is -2.35. The number of hydrogen-bond donors (Lipinski definition) is 0. The third-order valence-corrected chi connectivity index (χ3v) is 5.80. The van der Waals surface area contributed by atoms with E-state index in [2.05, 4.69) is 35.4 Å². The normalized spacial score (nSPS) is 15.7. The highest BCUT2D eigenvalue weighted by molar-refractivity contribution is 5.81. The molecule has 1 aliphatic heterocycles. The van der Waals surface area contributed by atoms with Crippen LogP contribution in [0.1, 0.15) is 22.6 Å². The molecule has 0 saturated carbocycles. The number of carbonyl (C=O) groups excluding carboxylic acids is 1. The van der Waals surface area contributed by atoms with Gasteiger partial charge in [-0.25, -0.2) is 0 Å². The van der Waals surface area contributed by atoms with Crippen LogP contribution >= 0.6 is 0 Å². The van der Waals surface area contributed by atoms with Crippen LogP contribution in [0, 0.1) is 0 Å². The highest BCUT2D eigenvalue weighted by Crippen LogP contribution is 2.33. The molecule has 0 saturated heterocycles. The quantitative estimate of drug-likeness (QED) is 0.533. The van der Waals surface area contributed by atoms with E-state index in [9.17, 15) is 9.59 Å². The number of carbonyl (C=O) groups is 1. The Labute approximate surface area is 174 Å². The minimum absolute atomic E-state index is 0.00765. The van der Waals surface area contributed by atoms with E-state index >= 15 is 0 Å². The number of hydrogen-bond acceptors (Lipinski definition) is 3. The summed E-state index contributed by atoms with van der Waals surface area (Å²) in [4.78, 5) is 27.3. The van der Waals surface area contributed by atoms with Gasteiger partial charge in [0.1, 0.15) is 6.54 Å². The van der Waals surface area contributed by atoms with Crippen LogP contribution in [0.5, 0.6) is 0 Å². The Kier molecular flexibility index (Phi) is 4.64. The topological polar surface area (TPSA) is 55.2 Å². The van der Waals surface area contributed by atoms with Crippen molar-refractivity contribution in [2.24, 2.45) is 0 Å². The molecule has 5 rings (SSSR count). The molecule has 1 amide bonds.